The molecule has 0 aromatic heterocycles. The topological polar surface area (TPSA) is 6.48 Å². The fraction of sp³-hybridized carbons (Fsp3) is 0.419. The molecule has 0 atom stereocenters. The van der Waals surface area contributed by atoms with E-state index in [1.807, 2.05) is 0 Å². The van der Waals surface area contributed by atoms with Gasteiger partial charge >= 0.3 is 0 Å². The number of nitrogens with zero attached hydrogens (tertiary/aromatic N) is 2. The Labute approximate surface area is 392 Å². The van der Waals surface area contributed by atoms with E-state index in [4.69, 9.17) is 0 Å². The van der Waals surface area contributed by atoms with Crippen molar-refractivity contribution in [3.05, 3.63) is 147 Å². The van der Waals surface area contributed by atoms with E-state index in [9.17, 15) is 0 Å². The minimum Gasteiger partial charge on any atom is -0.311 e. The first-order valence-corrected chi connectivity index (χ1v) is 24.9. The van der Waals surface area contributed by atoms with Gasteiger partial charge in [0.2, 0.25) is 0 Å². The van der Waals surface area contributed by atoms with Crippen LogP contribution in [0.4, 0.5) is 34.1 Å². The summed E-state index contributed by atoms with van der Waals surface area (Å²) in [5, 5.41) is 0. The molecule has 6 aromatic rings. The number of fused-ring (bicyclic) bond motifs is 7. The number of anilines is 6. The minimum absolute atomic E-state index is 0.0622. The van der Waals surface area contributed by atoms with Crippen LogP contribution in [0, 0.1) is 20.8 Å². The summed E-state index contributed by atoms with van der Waals surface area (Å²) < 4.78 is 0. The van der Waals surface area contributed by atoms with Gasteiger partial charge in [0.15, 0.2) is 0 Å². The van der Waals surface area contributed by atoms with Crippen LogP contribution in [0.5, 0.6) is 0 Å². The molecule has 0 unspecified atom stereocenters. The molecule has 3 heteroatoms. The van der Waals surface area contributed by atoms with Crippen LogP contribution in [-0.4, -0.2) is 6.71 Å². The molecule has 0 radical (unpaired) electrons. The normalized spacial score (nSPS) is 20.6. The summed E-state index contributed by atoms with van der Waals surface area (Å²) in [6.07, 6.45) is 5.92. The van der Waals surface area contributed by atoms with Crippen LogP contribution in [0.15, 0.2) is 97.1 Å². The van der Waals surface area contributed by atoms with Crippen molar-refractivity contribution in [1.82, 2.24) is 0 Å². The van der Waals surface area contributed by atoms with Crippen molar-refractivity contribution < 1.29 is 0 Å². The molecule has 2 aliphatic heterocycles. The van der Waals surface area contributed by atoms with Crippen LogP contribution < -0.4 is 26.2 Å². The summed E-state index contributed by atoms with van der Waals surface area (Å²) in [4.78, 5) is 5.44. The Hall–Kier alpha value is -5.02. The number of aryl methyl sites for hydroxylation is 2. The molecule has 0 saturated carbocycles. The molecule has 0 bridgehead atoms. The van der Waals surface area contributed by atoms with E-state index in [1.165, 1.54) is 132 Å². The van der Waals surface area contributed by atoms with Gasteiger partial charge in [-0.15, -0.1) is 0 Å². The van der Waals surface area contributed by atoms with E-state index in [0.29, 0.717) is 0 Å². The molecule has 0 spiro atoms. The molecule has 0 amide bonds. The van der Waals surface area contributed by atoms with Crippen LogP contribution in [0.25, 0.3) is 11.1 Å². The maximum Gasteiger partial charge on any atom is 0.252 e. The van der Waals surface area contributed by atoms with Crippen LogP contribution in [0.1, 0.15) is 165 Å². The van der Waals surface area contributed by atoms with Gasteiger partial charge in [0.1, 0.15) is 0 Å². The van der Waals surface area contributed by atoms with Crippen LogP contribution in [0.3, 0.4) is 0 Å². The average Bonchev–Trinajstić information content (AvgIpc) is 3.42. The standard InChI is InChI=1S/C62H71BN2/c1-37-29-53-56-54(30-37)65(50-34-45-43(31-38(50)2)58(6,7)25-26-59(45,8)9)51-32-41(40-19-17-16-18-20-40)21-23-47(51)63(56)48-33-44-46(62(14,15)36-61(44,12)13)35-52(48)64(53)49-24-22-42-55(39(49)3)60(10,11)28-27-57(42,4)5/h16-24,29-35H,25-28,36H2,1-15H3. The van der Waals surface area contributed by atoms with Gasteiger partial charge in [0, 0.05) is 34.1 Å². The molecule has 5 aliphatic rings. The van der Waals surface area contributed by atoms with E-state index in [0.717, 1.165) is 6.42 Å². The lowest BCUT2D eigenvalue weighted by Crippen LogP contribution is -2.61. The van der Waals surface area contributed by atoms with Gasteiger partial charge in [-0.05, 0) is 199 Å². The predicted octanol–water partition coefficient (Wildman–Crippen LogP) is 15.0. The third kappa shape index (κ3) is 6.11. The average molecular weight is 855 g/mol. The highest BCUT2D eigenvalue weighted by Crippen LogP contribution is 2.56. The quantitative estimate of drug-likeness (QED) is 0.163. The van der Waals surface area contributed by atoms with Gasteiger partial charge in [-0.1, -0.05) is 144 Å². The van der Waals surface area contributed by atoms with Crippen molar-refractivity contribution in [3.63, 3.8) is 0 Å². The summed E-state index contributed by atoms with van der Waals surface area (Å²) in [5.74, 6) is 0. The second-order valence-electron chi connectivity index (χ2n) is 25.2. The monoisotopic (exact) mass is 855 g/mol. The molecular formula is C62H71BN2. The van der Waals surface area contributed by atoms with Crippen LogP contribution in [-0.2, 0) is 32.5 Å². The number of hydrogen-bond acceptors (Lipinski definition) is 2. The van der Waals surface area contributed by atoms with Gasteiger partial charge < -0.3 is 9.80 Å². The second kappa shape index (κ2) is 13.5. The molecule has 11 rings (SSSR count). The fourth-order valence-corrected chi connectivity index (χ4v) is 14.1. The van der Waals surface area contributed by atoms with E-state index >= 15 is 0 Å². The Morgan fingerprint density at radius 1 is 0.400 bits per heavy atom. The Bertz CT molecular complexity index is 3010. The zero-order chi connectivity index (χ0) is 46.1. The zero-order valence-electron chi connectivity index (χ0n) is 42.2. The molecule has 0 saturated heterocycles. The number of benzene rings is 6. The molecule has 332 valence electrons. The van der Waals surface area contributed by atoms with Crippen molar-refractivity contribution >= 4 is 57.2 Å². The third-order valence-corrected chi connectivity index (χ3v) is 17.7. The largest absolute Gasteiger partial charge is 0.311 e. The maximum absolute atomic E-state index is 2.74. The van der Waals surface area contributed by atoms with E-state index in [-0.39, 0.29) is 39.2 Å². The van der Waals surface area contributed by atoms with Gasteiger partial charge in [0.05, 0.1) is 0 Å². The van der Waals surface area contributed by atoms with Crippen molar-refractivity contribution in [3.8, 4) is 11.1 Å². The highest BCUT2D eigenvalue weighted by atomic mass is 15.2. The Morgan fingerprint density at radius 2 is 0.923 bits per heavy atom. The zero-order valence-corrected chi connectivity index (χ0v) is 42.2. The predicted molar refractivity (Wildman–Crippen MR) is 281 cm³/mol. The van der Waals surface area contributed by atoms with Gasteiger partial charge in [-0.3, -0.25) is 0 Å². The molecule has 2 heterocycles. The molecule has 6 aromatic carbocycles. The molecule has 0 N–H and O–H groups in total. The van der Waals surface area contributed by atoms with E-state index in [1.54, 1.807) is 5.56 Å². The lowest BCUT2D eigenvalue weighted by atomic mass is 9.33. The van der Waals surface area contributed by atoms with E-state index in [2.05, 4.69) is 211 Å². The Balaban J connectivity index is 1.26. The first kappa shape index (κ1) is 42.6. The first-order valence-electron chi connectivity index (χ1n) is 24.9. The number of hydrogen-bond donors (Lipinski definition) is 0. The summed E-state index contributed by atoms with van der Waals surface area (Å²) in [5.41, 5.74) is 28.4. The lowest BCUT2D eigenvalue weighted by Gasteiger charge is -2.47. The van der Waals surface area contributed by atoms with Gasteiger partial charge in [-0.25, -0.2) is 0 Å². The molecule has 2 nitrogen and oxygen atoms in total. The summed E-state index contributed by atoms with van der Waals surface area (Å²) in [6.45, 7) is 36.9. The van der Waals surface area contributed by atoms with Crippen molar-refractivity contribution in [2.45, 2.75) is 168 Å². The van der Waals surface area contributed by atoms with Crippen molar-refractivity contribution in [2.24, 2.45) is 0 Å². The number of rotatable bonds is 3. The smallest absolute Gasteiger partial charge is 0.252 e. The molecule has 65 heavy (non-hydrogen) atoms. The van der Waals surface area contributed by atoms with Crippen molar-refractivity contribution in [2.75, 3.05) is 9.80 Å². The highest BCUT2D eigenvalue weighted by Gasteiger charge is 2.49. The van der Waals surface area contributed by atoms with Crippen LogP contribution in [0.2, 0.25) is 0 Å². The molecular weight excluding hydrogens is 784 g/mol. The fourth-order valence-electron chi connectivity index (χ4n) is 14.1. The van der Waals surface area contributed by atoms with Crippen LogP contribution >= 0.6 is 0 Å². The SMILES string of the molecule is Cc1cc2c3c(c1)N(c1ccc4c(c1C)C(C)(C)CCC4(C)C)c1cc4c(cc1B3c1ccc(-c3ccccc3)cc1N2c1cc2c(cc1C)C(C)(C)CCC2(C)C)C(C)(C)CC4(C)C. The lowest BCUT2D eigenvalue weighted by molar-refractivity contribution is 0.330. The van der Waals surface area contributed by atoms with Gasteiger partial charge in [-0.2, -0.15) is 0 Å². The Morgan fingerprint density at radius 3 is 1.57 bits per heavy atom. The summed E-state index contributed by atoms with van der Waals surface area (Å²) in [7, 11) is 0. The molecule has 0 fully saturated rings. The summed E-state index contributed by atoms with van der Waals surface area (Å²) >= 11 is 0. The Kier molecular flexibility index (Phi) is 8.88. The van der Waals surface area contributed by atoms with Gasteiger partial charge in [0.25, 0.3) is 6.71 Å². The maximum atomic E-state index is 2.74. The third-order valence-electron chi connectivity index (χ3n) is 17.7. The minimum atomic E-state index is 0.0622. The first-order chi connectivity index (χ1) is 30.4. The highest BCUT2D eigenvalue weighted by molar-refractivity contribution is 7.00. The summed E-state index contributed by atoms with van der Waals surface area (Å²) in [6, 6.07) is 39.0. The molecule has 3 aliphatic carbocycles. The second-order valence-corrected chi connectivity index (χ2v) is 25.2. The van der Waals surface area contributed by atoms with Crippen molar-refractivity contribution in [1.29, 1.82) is 0 Å². The van der Waals surface area contributed by atoms with E-state index < -0.39 is 0 Å².